The molecule has 0 unspecified atom stereocenters. The number of nitrogens with one attached hydrogen (secondary N) is 2. The zero-order chi connectivity index (χ0) is 10.1. The highest BCUT2D eigenvalue weighted by Crippen LogP contribution is 2.11. The molecule has 0 aliphatic carbocycles. The second kappa shape index (κ2) is 7.97. The molecular weight excluding hydrogens is 192 g/mol. The molecule has 0 spiro atoms. The van der Waals surface area contributed by atoms with Crippen LogP contribution in [0.3, 0.4) is 0 Å². The Morgan fingerprint density at radius 1 is 1.21 bits per heavy atom. The predicted octanol–water partition coefficient (Wildman–Crippen LogP) is 1.88. The summed E-state index contributed by atoms with van der Waals surface area (Å²) in [6, 6.07) is 4.35. The van der Waals surface area contributed by atoms with Gasteiger partial charge in [0.25, 0.3) is 0 Å². The minimum absolute atomic E-state index is 1.06. The van der Waals surface area contributed by atoms with E-state index in [0.717, 1.165) is 19.6 Å². The Kier molecular flexibility index (Phi) is 6.66. The van der Waals surface area contributed by atoms with Crippen molar-refractivity contribution in [2.45, 2.75) is 19.3 Å². The van der Waals surface area contributed by atoms with Crippen molar-refractivity contribution in [1.29, 1.82) is 0 Å². The van der Waals surface area contributed by atoms with Gasteiger partial charge in [0.1, 0.15) is 0 Å². The normalized spacial score (nSPS) is 10.6. The molecule has 0 fully saturated rings. The van der Waals surface area contributed by atoms with E-state index in [-0.39, 0.29) is 0 Å². The summed E-state index contributed by atoms with van der Waals surface area (Å²) in [5, 5.41) is 8.68. The van der Waals surface area contributed by atoms with Gasteiger partial charge >= 0.3 is 0 Å². The van der Waals surface area contributed by atoms with E-state index in [4.69, 9.17) is 0 Å². The third-order valence-corrected chi connectivity index (χ3v) is 3.09. The van der Waals surface area contributed by atoms with Crippen molar-refractivity contribution in [1.82, 2.24) is 10.6 Å². The van der Waals surface area contributed by atoms with Crippen LogP contribution in [0.2, 0.25) is 0 Å². The molecule has 1 aromatic rings. The van der Waals surface area contributed by atoms with Gasteiger partial charge in [0, 0.05) is 18.0 Å². The van der Waals surface area contributed by atoms with Crippen LogP contribution in [0.5, 0.6) is 0 Å². The van der Waals surface area contributed by atoms with E-state index in [1.54, 1.807) is 0 Å². The highest BCUT2D eigenvalue weighted by atomic mass is 32.1. The molecule has 0 atom stereocenters. The SMILES string of the molecule is CNCCNCCCCc1cccs1. The van der Waals surface area contributed by atoms with Gasteiger partial charge in [-0.15, -0.1) is 11.3 Å². The van der Waals surface area contributed by atoms with Crippen molar-refractivity contribution < 1.29 is 0 Å². The Morgan fingerprint density at radius 2 is 2.14 bits per heavy atom. The van der Waals surface area contributed by atoms with E-state index in [1.807, 2.05) is 18.4 Å². The van der Waals surface area contributed by atoms with E-state index in [0.29, 0.717) is 0 Å². The van der Waals surface area contributed by atoms with Crippen molar-refractivity contribution in [2.24, 2.45) is 0 Å². The molecule has 80 valence electrons. The number of rotatable bonds is 8. The van der Waals surface area contributed by atoms with E-state index >= 15 is 0 Å². The molecule has 2 N–H and O–H groups in total. The van der Waals surface area contributed by atoms with Gasteiger partial charge in [0.2, 0.25) is 0 Å². The molecule has 0 aromatic carbocycles. The molecule has 0 saturated heterocycles. The summed E-state index contributed by atoms with van der Waals surface area (Å²) in [7, 11) is 1.98. The summed E-state index contributed by atoms with van der Waals surface area (Å²) in [6.45, 7) is 3.29. The van der Waals surface area contributed by atoms with Crippen LogP contribution in [0, 0.1) is 0 Å². The molecule has 0 aliphatic heterocycles. The third-order valence-electron chi connectivity index (χ3n) is 2.16. The molecule has 0 aliphatic rings. The fraction of sp³-hybridized carbons (Fsp3) is 0.636. The number of aryl methyl sites for hydroxylation is 1. The number of hydrogen-bond donors (Lipinski definition) is 2. The lowest BCUT2D eigenvalue weighted by molar-refractivity contribution is 0.607. The summed E-state index contributed by atoms with van der Waals surface area (Å²) in [4.78, 5) is 1.51. The quantitative estimate of drug-likeness (QED) is 0.643. The lowest BCUT2D eigenvalue weighted by atomic mass is 10.2. The summed E-state index contributed by atoms with van der Waals surface area (Å²) in [5.74, 6) is 0. The number of likely N-dealkylation sites (N-methyl/N-ethyl adjacent to an activating group) is 1. The van der Waals surface area contributed by atoms with Gasteiger partial charge in [-0.25, -0.2) is 0 Å². The van der Waals surface area contributed by atoms with Crippen LogP contribution in [0.1, 0.15) is 17.7 Å². The van der Waals surface area contributed by atoms with Crippen LogP contribution in [0.25, 0.3) is 0 Å². The smallest absolute Gasteiger partial charge is 0.00766 e. The lowest BCUT2D eigenvalue weighted by Crippen LogP contribution is -2.25. The van der Waals surface area contributed by atoms with Crippen molar-refractivity contribution >= 4 is 11.3 Å². The van der Waals surface area contributed by atoms with Gasteiger partial charge in [0.15, 0.2) is 0 Å². The first-order chi connectivity index (χ1) is 6.93. The molecule has 0 amide bonds. The minimum Gasteiger partial charge on any atom is -0.318 e. The summed E-state index contributed by atoms with van der Waals surface area (Å²) in [6.07, 6.45) is 3.82. The Morgan fingerprint density at radius 3 is 2.86 bits per heavy atom. The van der Waals surface area contributed by atoms with Crippen LogP contribution in [0.15, 0.2) is 17.5 Å². The topological polar surface area (TPSA) is 24.1 Å². The van der Waals surface area contributed by atoms with Gasteiger partial charge in [-0.3, -0.25) is 0 Å². The molecule has 0 bridgehead atoms. The van der Waals surface area contributed by atoms with Crippen LogP contribution in [-0.2, 0) is 6.42 Å². The van der Waals surface area contributed by atoms with Crippen LogP contribution in [0.4, 0.5) is 0 Å². The summed E-state index contributed by atoms with van der Waals surface area (Å²) < 4.78 is 0. The van der Waals surface area contributed by atoms with Gasteiger partial charge in [-0.1, -0.05) is 6.07 Å². The number of hydrogen-bond acceptors (Lipinski definition) is 3. The van der Waals surface area contributed by atoms with Gasteiger partial charge in [-0.05, 0) is 44.3 Å². The van der Waals surface area contributed by atoms with Crippen LogP contribution >= 0.6 is 11.3 Å². The van der Waals surface area contributed by atoms with Crippen molar-refractivity contribution in [3.63, 3.8) is 0 Å². The highest BCUT2D eigenvalue weighted by Gasteiger charge is 1.93. The first kappa shape index (κ1) is 11.7. The maximum atomic E-state index is 3.41. The zero-order valence-corrected chi connectivity index (χ0v) is 9.70. The standard InChI is InChI=1S/C11H20N2S/c1-12-8-9-13-7-3-2-5-11-6-4-10-14-11/h4,6,10,12-13H,2-3,5,7-9H2,1H3. The van der Waals surface area contributed by atoms with E-state index in [9.17, 15) is 0 Å². The van der Waals surface area contributed by atoms with Crippen LogP contribution < -0.4 is 10.6 Å². The lowest BCUT2D eigenvalue weighted by Gasteiger charge is -2.03. The monoisotopic (exact) mass is 212 g/mol. The van der Waals surface area contributed by atoms with Crippen molar-refractivity contribution in [3.05, 3.63) is 22.4 Å². The van der Waals surface area contributed by atoms with Gasteiger partial charge in [0.05, 0.1) is 0 Å². The van der Waals surface area contributed by atoms with E-state index < -0.39 is 0 Å². The molecule has 1 rings (SSSR count). The van der Waals surface area contributed by atoms with E-state index in [1.165, 1.54) is 24.1 Å². The fourth-order valence-corrected chi connectivity index (χ4v) is 2.09. The van der Waals surface area contributed by atoms with E-state index in [2.05, 4.69) is 28.1 Å². The second-order valence-electron chi connectivity index (χ2n) is 3.39. The maximum absolute atomic E-state index is 3.41. The zero-order valence-electron chi connectivity index (χ0n) is 8.88. The average molecular weight is 212 g/mol. The molecule has 3 heteroatoms. The largest absolute Gasteiger partial charge is 0.318 e. The van der Waals surface area contributed by atoms with Gasteiger partial charge in [-0.2, -0.15) is 0 Å². The fourth-order valence-electron chi connectivity index (χ4n) is 1.34. The molecule has 0 saturated carbocycles. The Balaban J connectivity index is 1.85. The Labute approximate surface area is 90.7 Å². The first-order valence-electron chi connectivity index (χ1n) is 5.31. The minimum atomic E-state index is 1.06. The number of unbranched alkanes of at least 4 members (excludes halogenated alkanes) is 1. The molecule has 0 radical (unpaired) electrons. The molecular formula is C11H20N2S. The third kappa shape index (κ3) is 5.37. The van der Waals surface area contributed by atoms with Crippen molar-refractivity contribution in [3.8, 4) is 0 Å². The van der Waals surface area contributed by atoms with Crippen molar-refractivity contribution in [2.75, 3.05) is 26.7 Å². The molecule has 1 aromatic heterocycles. The maximum Gasteiger partial charge on any atom is 0.00766 e. The first-order valence-corrected chi connectivity index (χ1v) is 6.19. The Hall–Kier alpha value is -0.380. The molecule has 14 heavy (non-hydrogen) atoms. The second-order valence-corrected chi connectivity index (χ2v) is 4.42. The highest BCUT2D eigenvalue weighted by molar-refractivity contribution is 7.09. The molecule has 2 nitrogen and oxygen atoms in total. The number of thiophene rings is 1. The van der Waals surface area contributed by atoms with Gasteiger partial charge < -0.3 is 10.6 Å². The Bertz CT molecular complexity index is 209. The summed E-state index contributed by atoms with van der Waals surface area (Å²) in [5.41, 5.74) is 0. The molecule has 1 heterocycles. The summed E-state index contributed by atoms with van der Waals surface area (Å²) >= 11 is 1.86. The van der Waals surface area contributed by atoms with Crippen LogP contribution in [-0.4, -0.2) is 26.7 Å². The predicted molar refractivity (Wildman–Crippen MR) is 64.1 cm³/mol. The average Bonchev–Trinajstić information content (AvgIpc) is 2.69.